The summed E-state index contributed by atoms with van der Waals surface area (Å²) in [5.41, 5.74) is 2.16. The Balaban J connectivity index is 2.12. The summed E-state index contributed by atoms with van der Waals surface area (Å²) >= 11 is 0. The van der Waals surface area contributed by atoms with E-state index >= 15 is 0 Å². The Bertz CT molecular complexity index is 611. The van der Waals surface area contributed by atoms with Crippen LogP contribution in [0.1, 0.15) is 26.3 Å². The molecule has 0 amide bonds. The lowest BCUT2D eigenvalue weighted by molar-refractivity contribution is -0.145. The van der Waals surface area contributed by atoms with Crippen molar-refractivity contribution in [3.63, 3.8) is 0 Å². The van der Waals surface area contributed by atoms with Gasteiger partial charge in [-0.05, 0) is 44.5 Å². The third-order valence-electron chi connectivity index (χ3n) is 3.42. The first-order valence-electron chi connectivity index (χ1n) is 7.33. The monoisotopic (exact) mass is 286 g/mol. The zero-order valence-electron chi connectivity index (χ0n) is 12.9. The highest BCUT2D eigenvalue weighted by Gasteiger charge is 2.15. The maximum absolute atomic E-state index is 11.7. The first kappa shape index (κ1) is 15.4. The van der Waals surface area contributed by atoms with Crippen LogP contribution in [0, 0.1) is 0 Å². The maximum atomic E-state index is 11.7. The summed E-state index contributed by atoms with van der Waals surface area (Å²) in [6.07, 6.45) is 1.79. The first-order valence-corrected chi connectivity index (χ1v) is 7.33. The molecule has 0 fully saturated rings. The van der Waals surface area contributed by atoms with Gasteiger partial charge < -0.3 is 4.74 Å². The van der Waals surface area contributed by atoms with Gasteiger partial charge in [0, 0.05) is 24.2 Å². The molecule has 0 N–H and O–H groups in total. The Hall–Kier alpha value is -1.94. The number of hydrogen-bond acceptors (Lipinski definition) is 4. The van der Waals surface area contributed by atoms with E-state index in [1.165, 1.54) is 5.56 Å². The van der Waals surface area contributed by atoms with Crippen LogP contribution in [0.3, 0.4) is 0 Å². The topological polar surface area (TPSA) is 42.4 Å². The van der Waals surface area contributed by atoms with E-state index in [0.29, 0.717) is 13.2 Å². The van der Waals surface area contributed by atoms with Crippen LogP contribution in [0.5, 0.6) is 0 Å². The van der Waals surface area contributed by atoms with Gasteiger partial charge >= 0.3 is 5.97 Å². The highest BCUT2D eigenvalue weighted by molar-refractivity contribution is 5.78. The molecule has 0 saturated carbocycles. The van der Waals surface area contributed by atoms with E-state index in [9.17, 15) is 4.79 Å². The Morgan fingerprint density at radius 2 is 2.14 bits per heavy atom. The molecule has 1 aromatic carbocycles. The molecule has 112 valence electrons. The summed E-state index contributed by atoms with van der Waals surface area (Å²) in [5.74, 6) is -0.173. The minimum atomic E-state index is -0.173. The largest absolute Gasteiger partial charge is 0.465 e. The van der Waals surface area contributed by atoms with Crippen molar-refractivity contribution in [3.8, 4) is 0 Å². The fourth-order valence-electron chi connectivity index (χ4n) is 2.25. The van der Waals surface area contributed by atoms with Crippen molar-refractivity contribution >= 4 is 16.9 Å². The minimum Gasteiger partial charge on any atom is -0.465 e. The summed E-state index contributed by atoms with van der Waals surface area (Å²) in [6.45, 7) is 7.46. The van der Waals surface area contributed by atoms with Crippen molar-refractivity contribution in [2.45, 2.75) is 33.4 Å². The van der Waals surface area contributed by atoms with Crippen LogP contribution < -0.4 is 0 Å². The number of benzene rings is 1. The van der Waals surface area contributed by atoms with E-state index in [4.69, 9.17) is 4.74 Å². The van der Waals surface area contributed by atoms with Crippen LogP contribution >= 0.6 is 0 Å². The van der Waals surface area contributed by atoms with E-state index in [-0.39, 0.29) is 12.0 Å². The zero-order chi connectivity index (χ0) is 15.2. The molecule has 0 saturated heterocycles. The third kappa shape index (κ3) is 4.26. The smallest absolute Gasteiger partial charge is 0.320 e. The second-order valence-electron chi connectivity index (χ2n) is 5.33. The molecule has 2 aromatic rings. The molecule has 4 heteroatoms. The fraction of sp³-hybridized carbons (Fsp3) is 0.412. The first-order chi connectivity index (χ1) is 10.1. The SMILES string of the molecule is CCOC(=O)CN(Cc1ccc2ncccc2c1)C(C)C. The Labute approximate surface area is 125 Å². The van der Waals surface area contributed by atoms with Crippen LogP contribution in [0.4, 0.5) is 0 Å². The Morgan fingerprint density at radius 1 is 1.33 bits per heavy atom. The second kappa shape index (κ2) is 7.18. The molecule has 1 heterocycles. The normalized spacial score (nSPS) is 11.3. The molecule has 0 aliphatic carbocycles. The van der Waals surface area contributed by atoms with Crippen molar-refractivity contribution in [3.05, 3.63) is 42.1 Å². The van der Waals surface area contributed by atoms with E-state index in [0.717, 1.165) is 17.4 Å². The predicted molar refractivity (Wildman–Crippen MR) is 83.9 cm³/mol. The van der Waals surface area contributed by atoms with Gasteiger partial charge in [-0.25, -0.2) is 0 Å². The molecule has 0 unspecified atom stereocenters. The molecule has 0 atom stereocenters. The summed E-state index contributed by atoms with van der Waals surface area (Å²) in [6, 6.07) is 10.5. The second-order valence-corrected chi connectivity index (χ2v) is 5.33. The Kier molecular flexibility index (Phi) is 5.28. The van der Waals surface area contributed by atoms with Crippen molar-refractivity contribution in [1.82, 2.24) is 9.88 Å². The number of carbonyl (C=O) groups is 1. The average Bonchev–Trinajstić information content (AvgIpc) is 2.46. The van der Waals surface area contributed by atoms with Gasteiger partial charge in [-0.2, -0.15) is 0 Å². The lowest BCUT2D eigenvalue weighted by Gasteiger charge is -2.25. The van der Waals surface area contributed by atoms with Crippen LogP contribution in [0.2, 0.25) is 0 Å². The molecule has 0 aliphatic heterocycles. The van der Waals surface area contributed by atoms with Crippen molar-refractivity contribution in [2.24, 2.45) is 0 Å². The molecule has 0 aliphatic rings. The summed E-state index contributed by atoms with van der Waals surface area (Å²) in [7, 11) is 0. The quantitative estimate of drug-likeness (QED) is 0.766. The highest BCUT2D eigenvalue weighted by Crippen LogP contribution is 2.16. The summed E-state index contributed by atoms with van der Waals surface area (Å²) in [5, 5.41) is 1.12. The van der Waals surface area contributed by atoms with Gasteiger partial charge in [0.05, 0.1) is 18.7 Å². The average molecular weight is 286 g/mol. The van der Waals surface area contributed by atoms with Gasteiger partial charge in [-0.1, -0.05) is 12.1 Å². The fourth-order valence-corrected chi connectivity index (χ4v) is 2.25. The van der Waals surface area contributed by atoms with Gasteiger partial charge in [-0.15, -0.1) is 0 Å². The van der Waals surface area contributed by atoms with Crippen LogP contribution in [0.25, 0.3) is 10.9 Å². The lowest BCUT2D eigenvalue weighted by atomic mass is 10.1. The van der Waals surface area contributed by atoms with Crippen LogP contribution in [0.15, 0.2) is 36.5 Å². The number of ether oxygens (including phenoxy) is 1. The van der Waals surface area contributed by atoms with Crippen LogP contribution in [-0.4, -0.2) is 35.0 Å². The Morgan fingerprint density at radius 3 is 2.86 bits per heavy atom. The summed E-state index contributed by atoms with van der Waals surface area (Å²) < 4.78 is 5.04. The molecule has 1 aromatic heterocycles. The third-order valence-corrected chi connectivity index (χ3v) is 3.42. The molecule has 4 nitrogen and oxygen atoms in total. The molecule has 2 rings (SSSR count). The van der Waals surface area contributed by atoms with Gasteiger partial charge in [0.15, 0.2) is 0 Å². The zero-order valence-corrected chi connectivity index (χ0v) is 12.9. The van der Waals surface area contributed by atoms with E-state index in [2.05, 4.69) is 41.9 Å². The van der Waals surface area contributed by atoms with Gasteiger partial charge in [0.2, 0.25) is 0 Å². The minimum absolute atomic E-state index is 0.173. The van der Waals surface area contributed by atoms with E-state index in [1.54, 1.807) is 6.20 Å². The highest BCUT2D eigenvalue weighted by atomic mass is 16.5. The number of esters is 1. The van der Waals surface area contributed by atoms with Gasteiger partial charge in [-0.3, -0.25) is 14.7 Å². The number of nitrogens with zero attached hydrogens (tertiary/aromatic N) is 2. The molecule has 0 radical (unpaired) electrons. The van der Waals surface area contributed by atoms with Gasteiger partial charge in [0.25, 0.3) is 0 Å². The number of fused-ring (bicyclic) bond motifs is 1. The number of rotatable bonds is 6. The number of carbonyl (C=O) groups excluding carboxylic acids is 1. The maximum Gasteiger partial charge on any atom is 0.320 e. The van der Waals surface area contributed by atoms with Gasteiger partial charge in [0.1, 0.15) is 0 Å². The van der Waals surface area contributed by atoms with E-state index in [1.807, 2.05) is 19.1 Å². The van der Waals surface area contributed by atoms with Crippen molar-refractivity contribution < 1.29 is 9.53 Å². The predicted octanol–water partition coefficient (Wildman–Crippen LogP) is 3.01. The van der Waals surface area contributed by atoms with Crippen molar-refractivity contribution in [1.29, 1.82) is 0 Å². The molecular formula is C17H22N2O2. The standard InChI is InChI=1S/C17H22N2O2/c1-4-21-17(20)12-19(13(2)3)11-14-7-8-16-15(10-14)6-5-9-18-16/h5-10,13H,4,11-12H2,1-3H3. The lowest BCUT2D eigenvalue weighted by Crippen LogP contribution is -2.36. The number of pyridine rings is 1. The molecular weight excluding hydrogens is 264 g/mol. The summed E-state index contributed by atoms with van der Waals surface area (Å²) in [4.78, 5) is 18.1. The van der Waals surface area contributed by atoms with Crippen molar-refractivity contribution in [2.75, 3.05) is 13.2 Å². The van der Waals surface area contributed by atoms with E-state index < -0.39 is 0 Å². The number of hydrogen-bond donors (Lipinski definition) is 0. The molecule has 0 spiro atoms. The molecule has 0 bridgehead atoms. The number of aromatic nitrogens is 1. The van der Waals surface area contributed by atoms with Crippen LogP contribution in [-0.2, 0) is 16.1 Å². The molecule has 21 heavy (non-hydrogen) atoms.